The largest absolute Gasteiger partial charge is 0.218 e. The second kappa shape index (κ2) is 6.53. The lowest BCUT2D eigenvalue weighted by Gasteiger charge is -2.06. The van der Waals surface area contributed by atoms with Gasteiger partial charge in [-0.25, -0.2) is 8.42 Å². The molecule has 3 nitrogen and oxygen atoms in total. The quantitative estimate of drug-likeness (QED) is 0.756. The first-order valence-electron chi connectivity index (χ1n) is 6.23. The number of sulfone groups is 1. The number of benzene rings is 2. The van der Waals surface area contributed by atoms with Gasteiger partial charge in [0, 0.05) is 5.02 Å². The van der Waals surface area contributed by atoms with E-state index in [4.69, 9.17) is 23.2 Å². The number of hydrogen-bond acceptors (Lipinski definition) is 3. The van der Waals surface area contributed by atoms with Crippen LogP contribution in [-0.4, -0.2) is 8.42 Å². The maximum atomic E-state index is 12.6. The molecule has 0 N–H and O–H groups in total. The van der Waals surface area contributed by atoms with Gasteiger partial charge in [0.1, 0.15) is 11.0 Å². The summed E-state index contributed by atoms with van der Waals surface area (Å²) in [6.45, 7) is 1.92. The van der Waals surface area contributed by atoms with Gasteiger partial charge >= 0.3 is 0 Å². The first kappa shape index (κ1) is 16.6. The van der Waals surface area contributed by atoms with Crippen LogP contribution in [0.5, 0.6) is 0 Å². The summed E-state index contributed by atoms with van der Waals surface area (Å²) in [4.78, 5) is -0.568. The maximum Gasteiger partial charge on any atom is 0.218 e. The molecule has 0 aliphatic rings. The fourth-order valence-corrected chi connectivity index (χ4v) is 3.70. The van der Waals surface area contributed by atoms with E-state index in [-0.39, 0.29) is 19.8 Å². The van der Waals surface area contributed by atoms with Crippen LogP contribution in [0, 0.1) is 18.3 Å². The van der Waals surface area contributed by atoms with Crippen molar-refractivity contribution in [2.24, 2.45) is 0 Å². The van der Waals surface area contributed by atoms with Crippen molar-refractivity contribution in [1.82, 2.24) is 0 Å². The van der Waals surface area contributed by atoms with Gasteiger partial charge in [-0.15, -0.1) is 0 Å². The van der Waals surface area contributed by atoms with E-state index >= 15 is 0 Å². The summed E-state index contributed by atoms with van der Waals surface area (Å²) in [6, 6.07) is 13.0. The fourth-order valence-electron chi connectivity index (χ4n) is 1.79. The molecule has 0 bridgehead atoms. The molecule has 0 aliphatic carbocycles. The predicted octanol–water partition coefficient (Wildman–Crippen LogP) is 4.64. The Bertz CT molecular complexity index is 879. The second-order valence-corrected chi connectivity index (χ2v) is 7.34. The first-order valence-corrected chi connectivity index (χ1v) is 8.47. The molecule has 2 aromatic carbocycles. The smallest absolute Gasteiger partial charge is 0.218 e. The van der Waals surface area contributed by atoms with Crippen molar-refractivity contribution in [3.8, 4) is 6.07 Å². The number of aryl methyl sites for hydroxylation is 1. The number of hydrogen-bond donors (Lipinski definition) is 0. The molecular weight excluding hydrogens is 341 g/mol. The van der Waals surface area contributed by atoms with Crippen molar-refractivity contribution in [3.05, 3.63) is 68.5 Å². The zero-order valence-corrected chi connectivity index (χ0v) is 13.9. The molecule has 6 heteroatoms. The van der Waals surface area contributed by atoms with Gasteiger partial charge in [-0.1, -0.05) is 53.0 Å². The van der Waals surface area contributed by atoms with Crippen LogP contribution in [0.4, 0.5) is 0 Å². The Kier molecular flexibility index (Phi) is 4.92. The molecule has 0 atom stereocenters. The number of halogens is 2. The van der Waals surface area contributed by atoms with E-state index in [1.54, 1.807) is 18.2 Å². The zero-order valence-electron chi connectivity index (χ0n) is 11.5. The second-order valence-electron chi connectivity index (χ2n) is 4.61. The van der Waals surface area contributed by atoms with Gasteiger partial charge in [0.15, 0.2) is 0 Å². The molecule has 0 aromatic heterocycles. The Labute approximate surface area is 139 Å². The van der Waals surface area contributed by atoms with E-state index in [0.717, 1.165) is 5.56 Å². The van der Waals surface area contributed by atoms with E-state index in [9.17, 15) is 13.7 Å². The van der Waals surface area contributed by atoms with Crippen LogP contribution in [0.3, 0.4) is 0 Å². The minimum Gasteiger partial charge on any atom is -0.218 e. The van der Waals surface area contributed by atoms with E-state index < -0.39 is 9.84 Å². The topological polar surface area (TPSA) is 57.9 Å². The number of nitriles is 1. The summed E-state index contributed by atoms with van der Waals surface area (Å²) in [5.74, 6) is 0. The third-order valence-corrected chi connectivity index (χ3v) is 5.34. The van der Waals surface area contributed by atoms with E-state index in [2.05, 4.69) is 0 Å². The third-order valence-electron chi connectivity index (χ3n) is 2.96. The molecule has 0 spiro atoms. The molecule has 0 heterocycles. The average molecular weight is 352 g/mol. The average Bonchev–Trinajstić information content (AvgIpc) is 2.48. The Morgan fingerprint density at radius 1 is 1.14 bits per heavy atom. The van der Waals surface area contributed by atoms with E-state index in [1.807, 2.05) is 19.1 Å². The molecule has 0 amide bonds. The first-order chi connectivity index (χ1) is 10.3. The highest BCUT2D eigenvalue weighted by atomic mass is 35.5. The lowest BCUT2D eigenvalue weighted by molar-refractivity contribution is 0.603. The van der Waals surface area contributed by atoms with Crippen molar-refractivity contribution in [1.29, 1.82) is 5.26 Å². The third kappa shape index (κ3) is 3.50. The minimum atomic E-state index is -4.03. The molecule has 2 aromatic rings. The molecule has 0 radical (unpaired) electrons. The van der Waals surface area contributed by atoms with Crippen molar-refractivity contribution in [2.75, 3.05) is 0 Å². The predicted molar refractivity (Wildman–Crippen MR) is 88.4 cm³/mol. The number of rotatable bonds is 3. The zero-order chi connectivity index (χ0) is 16.3. The van der Waals surface area contributed by atoms with Crippen molar-refractivity contribution < 1.29 is 8.42 Å². The van der Waals surface area contributed by atoms with Crippen LogP contribution in [0.1, 0.15) is 11.1 Å². The SMILES string of the molecule is Cc1ccc(/C=C(\C#N)S(=O)(=O)c2cc(Cl)ccc2Cl)cc1. The Hall–Kier alpha value is -1.80. The van der Waals surface area contributed by atoms with Crippen LogP contribution in [0.2, 0.25) is 10.0 Å². The molecule has 0 unspecified atom stereocenters. The van der Waals surface area contributed by atoms with Crippen molar-refractivity contribution in [3.63, 3.8) is 0 Å². The highest BCUT2D eigenvalue weighted by Gasteiger charge is 2.24. The molecule has 0 saturated heterocycles. The van der Waals surface area contributed by atoms with Gasteiger partial charge in [0.2, 0.25) is 9.84 Å². The summed E-state index contributed by atoms with van der Waals surface area (Å²) in [6.07, 6.45) is 1.31. The summed E-state index contributed by atoms with van der Waals surface area (Å²) in [7, 11) is -4.03. The van der Waals surface area contributed by atoms with E-state index in [1.165, 1.54) is 24.3 Å². The number of allylic oxidation sites excluding steroid dienone is 1. The van der Waals surface area contributed by atoms with Gasteiger partial charge in [0.25, 0.3) is 0 Å². The molecule has 112 valence electrons. The summed E-state index contributed by atoms with van der Waals surface area (Å²) in [5, 5.41) is 9.48. The lowest BCUT2D eigenvalue weighted by atomic mass is 10.1. The van der Waals surface area contributed by atoms with Crippen LogP contribution in [0.15, 0.2) is 52.3 Å². The molecular formula is C16H11Cl2NO2S. The molecule has 0 aliphatic heterocycles. The van der Waals surface area contributed by atoms with Gasteiger partial charge < -0.3 is 0 Å². The normalized spacial score (nSPS) is 12.0. The molecule has 0 fully saturated rings. The summed E-state index contributed by atoms with van der Waals surface area (Å²) in [5.41, 5.74) is 1.65. The van der Waals surface area contributed by atoms with Crippen molar-refractivity contribution >= 4 is 39.1 Å². The lowest BCUT2D eigenvalue weighted by Crippen LogP contribution is -2.04. The molecule has 22 heavy (non-hydrogen) atoms. The van der Waals surface area contributed by atoms with E-state index in [0.29, 0.717) is 5.56 Å². The fraction of sp³-hybridized carbons (Fsp3) is 0.0625. The maximum absolute atomic E-state index is 12.6. The Balaban J connectivity index is 2.57. The summed E-state index contributed by atoms with van der Waals surface area (Å²) >= 11 is 11.8. The van der Waals surface area contributed by atoms with Gasteiger partial charge in [0.05, 0.1) is 9.92 Å². The number of nitrogens with zero attached hydrogens (tertiary/aromatic N) is 1. The van der Waals surface area contributed by atoms with Crippen LogP contribution in [-0.2, 0) is 9.84 Å². The van der Waals surface area contributed by atoms with Gasteiger partial charge in [-0.05, 0) is 36.8 Å². The van der Waals surface area contributed by atoms with Crippen LogP contribution < -0.4 is 0 Å². The Morgan fingerprint density at radius 2 is 1.77 bits per heavy atom. The minimum absolute atomic E-state index is 0.0226. The molecule has 2 rings (SSSR count). The van der Waals surface area contributed by atoms with Gasteiger partial charge in [-0.2, -0.15) is 5.26 Å². The van der Waals surface area contributed by atoms with Crippen molar-refractivity contribution in [2.45, 2.75) is 11.8 Å². The highest BCUT2D eigenvalue weighted by Crippen LogP contribution is 2.30. The summed E-state index contributed by atoms with van der Waals surface area (Å²) < 4.78 is 25.1. The molecule has 0 saturated carbocycles. The van der Waals surface area contributed by atoms with Crippen LogP contribution >= 0.6 is 23.2 Å². The van der Waals surface area contributed by atoms with Crippen LogP contribution in [0.25, 0.3) is 6.08 Å². The highest BCUT2D eigenvalue weighted by molar-refractivity contribution is 7.95. The van der Waals surface area contributed by atoms with Gasteiger partial charge in [-0.3, -0.25) is 0 Å². The standard InChI is InChI=1S/C16H11Cl2NO2S/c1-11-2-4-12(5-3-11)8-14(10-19)22(20,21)16-9-13(17)6-7-15(16)18/h2-9H,1H3/b14-8+. The Morgan fingerprint density at radius 3 is 2.36 bits per heavy atom. The monoisotopic (exact) mass is 351 g/mol.